The predicted octanol–water partition coefficient (Wildman–Crippen LogP) is 2.80. The summed E-state index contributed by atoms with van der Waals surface area (Å²) in [5.41, 5.74) is 0.564. The van der Waals surface area contributed by atoms with Gasteiger partial charge in [0.25, 0.3) is 0 Å². The molecule has 4 nitrogen and oxygen atoms in total. The van der Waals surface area contributed by atoms with Crippen molar-refractivity contribution in [2.45, 2.75) is 6.42 Å². The van der Waals surface area contributed by atoms with Crippen LogP contribution in [-0.4, -0.2) is 24.6 Å². The SMILES string of the molecule is COC(=O)c1ccc(NCCc2cccnc2)c(F)c1F. The maximum absolute atomic E-state index is 13.8. The molecule has 1 aromatic heterocycles. The molecule has 0 atom stereocenters. The minimum absolute atomic E-state index is 0.00374. The molecule has 6 heteroatoms. The lowest BCUT2D eigenvalue weighted by molar-refractivity contribution is 0.0594. The molecule has 1 N–H and O–H groups in total. The van der Waals surface area contributed by atoms with Gasteiger partial charge in [0.05, 0.1) is 18.4 Å². The van der Waals surface area contributed by atoms with Crippen molar-refractivity contribution in [2.75, 3.05) is 19.0 Å². The standard InChI is InChI=1S/C15H14F2N2O2/c1-21-15(20)11-4-5-12(14(17)13(11)16)19-8-6-10-3-2-7-18-9-10/h2-5,7,9,19H,6,8H2,1H3. The highest BCUT2D eigenvalue weighted by atomic mass is 19.2. The summed E-state index contributed by atoms with van der Waals surface area (Å²) in [7, 11) is 1.11. The van der Waals surface area contributed by atoms with Crippen molar-refractivity contribution in [1.82, 2.24) is 4.98 Å². The number of anilines is 1. The summed E-state index contributed by atoms with van der Waals surface area (Å²) in [5, 5.41) is 2.79. The minimum atomic E-state index is -1.21. The summed E-state index contributed by atoms with van der Waals surface area (Å²) >= 11 is 0. The first-order chi connectivity index (χ1) is 10.1. The number of carbonyl (C=O) groups is 1. The molecule has 0 radical (unpaired) electrons. The van der Waals surface area contributed by atoms with Crippen LogP contribution in [0.2, 0.25) is 0 Å². The maximum atomic E-state index is 13.8. The van der Waals surface area contributed by atoms with E-state index < -0.39 is 23.2 Å². The number of pyridine rings is 1. The number of methoxy groups -OCH3 is 1. The minimum Gasteiger partial charge on any atom is -0.465 e. The molecule has 0 bridgehead atoms. The molecular formula is C15H14F2N2O2. The first-order valence-corrected chi connectivity index (χ1v) is 6.32. The Morgan fingerprint density at radius 3 is 2.76 bits per heavy atom. The Hall–Kier alpha value is -2.50. The van der Waals surface area contributed by atoms with Gasteiger partial charge in [-0.15, -0.1) is 0 Å². The molecular weight excluding hydrogens is 278 g/mol. The van der Waals surface area contributed by atoms with Crippen LogP contribution in [-0.2, 0) is 11.2 Å². The van der Waals surface area contributed by atoms with Crippen LogP contribution in [0.25, 0.3) is 0 Å². The molecule has 0 aliphatic carbocycles. The highest BCUT2D eigenvalue weighted by Crippen LogP contribution is 2.21. The van der Waals surface area contributed by atoms with Gasteiger partial charge >= 0.3 is 5.97 Å². The lowest BCUT2D eigenvalue weighted by atomic mass is 10.1. The molecule has 0 spiro atoms. The fourth-order valence-corrected chi connectivity index (χ4v) is 1.84. The molecule has 21 heavy (non-hydrogen) atoms. The van der Waals surface area contributed by atoms with Gasteiger partial charge < -0.3 is 10.1 Å². The van der Waals surface area contributed by atoms with Gasteiger partial charge in [0.2, 0.25) is 0 Å². The lowest BCUT2D eigenvalue weighted by Gasteiger charge is -2.10. The molecule has 0 aliphatic rings. The third-order valence-electron chi connectivity index (χ3n) is 2.94. The second kappa shape index (κ2) is 6.78. The second-order valence-corrected chi connectivity index (χ2v) is 4.32. The Balaban J connectivity index is 2.04. The number of hydrogen-bond donors (Lipinski definition) is 1. The van der Waals surface area contributed by atoms with Crippen molar-refractivity contribution in [1.29, 1.82) is 0 Å². The number of carbonyl (C=O) groups excluding carboxylic acids is 1. The Morgan fingerprint density at radius 2 is 2.10 bits per heavy atom. The molecule has 0 saturated carbocycles. The molecule has 0 unspecified atom stereocenters. The van der Waals surface area contributed by atoms with Crippen LogP contribution < -0.4 is 5.32 Å². The van der Waals surface area contributed by atoms with Gasteiger partial charge in [0.15, 0.2) is 11.6 Å². The Bertz CT molecular complexity index is 633. The number of aromatic nitrogens is 1. The fourth-order valence-electron chi connectivity index (χ4n) is 1.84. The first-order valence-electron chi connectivity index (χ1n) is 6.32. The Labute approximate surface area is 120 Å². The van der Waals surface area contributed by atoms with Gasteiger partial charge in [0, 0.05) is 18.9 Å². The molecule has 2 rings (SSSR count). The third-order valence-corrected chi connectivity index (χ3v) is 2.94. The summed E-state index contributed by atoms with van der Waals surface area (Å²) in [6.07, 6.45) is 3.99. The number of hydrogen-bond acceptors (Lipinski definition) is 4. The zero-order valence-corrected chi connectivity index (χ0v) is 11.4. The summed E-state index contributed by atoms with van der Waals surface area (Å²) < 4.78 is 31.9. The highest BCUT2D eigenvalue weighted by molar-refractivity contribution is 5.90. The largest absolute Gasteiger partial charge is 0.465 e. The van der Waals surface area contributed by atoms with E-state index >= 15 is 0 Å². The fraction of sp³-hybridized carbons (Fsp3) is 0.200. The van der Waals surface area contributed by atoms with E-state index in [1.165, 1.54) is 12.1 Å². The van der Waals surface area contributed by atoms with Crippen LogP contribution in [0, 0.1) is 11.6 Å². The number of halogens is 2. The van der Waals surface area contributed by atoms with Gasteiger partial charge in [-0.3, -0.25) is 4.98 Å². The first kappa shape index (κ1) is 14.9. The van der Waals surface area contributed by atoms with E-state index in [1.54, 1.807) is 18.5 Å². The van der Waals surface area contributed by atoms with Gasteiger partial charge in [-0.1, -0.05) is 6.07 Å². The number of ether oxygens (including phenoxy) is 1. The summed E-state index contributed by atoms with van der Waals surface area (Å²) in [6.45, 7) is 0.416. The van der Waals surface area contributed by atoms with Crippen LogP contribution in [0.3, 0.4) is 0 Å². The lowest BCUT2D eigenvalue weighted by Crippen LogP contribution is -2.11. The van der Waals surface area contributed by atoms with Crippen molar-refractivity contribution >= 4 is 11.7 Å². The summed E-state index contributed by atoms with van der Waals surface area (Å²) in [5.74, 6) is -3.22. The van der Waals surface area contributed by atoms with Gasteiger partial charge in [-0.2, -0.15) is 0 Å². The molecule has 2 aromatic rings. The predicted molar refractivity (Wildman–Crippen MR) is 74.1 cm³/mol. The van der Waals surface area contributed by atoms with Gasteiger partial charge in [-0.25, -0.2) is 13.6 Å². The average molecular weight is 292 g/mol. The second-order valence-electron chi connectivity index (χ2n) is 4.32. The number of rotatable bonds is 5. The normalized spacial score (nSPS) is 10.2. The number of benzene rings is 1. The quantitative estimate of drug-likeness (QED) is 0.861. The zero-order valence-electron chi connectivity index (χ0n) is 11.4. The van der Waals surface area contributed by atoms with E-state index in [-0.39, 0.29) is 5.69 Å². The van der Waals surface area contributed by atoms with Crippen molar-refractivity contribution in [3.8, 4) is 0 Å². The van der Waals surface area contributed by atoms with Crippen molar-refractivity contribution in [3.05, 3.63) is 59.4 Å². The van der Waals surface area contributed by atoms with Crippen molar-refractivity contribution in [3.63, 3.8) is 0 Å². The van der Waals surface area contributed by atoms with E-state index in [1.807, 2.05) is 6.07 Å². The smallest absolute Gasteiger partial charge is 0.340 e. The van der Waals surface area contributed by atoms with Crippen molar-refractivity contribution in [2.24, 2.45) is 0 Å². The van der Waals surface area contributed by atoms with Crippen LogP contribution in [0.4, 0.5) is 14.5 Å². The van der Waals surface area contributed by atoms with Gasteiger partial charge in [0.1, 0.15) is 0 Å². The van der Waals surface area contributed by atoms with E-state index in [9.17, 15) is 13.6 Å². The van der Waals surface area contributed by atoms with E-state index in [2.05, 4.69) is 15.0 Å². The molecule has 0 amide bonds. The van der Waals surface area contributed by atoms with Crippen LogP contribution in [0.5, 0.6) is 0 Å². The molecule has 0 saturated heterocycles. The van der Waals surface area contributed by atoms with Gasteiger partial charge in [-0.05, 0) is 30.2 Å². The monoisotopic (exact) mass is 292 g/mol. The molecule has 0 fully saturated rings. The molecule has 1 aromatic carbocycles. The zero-order chi connectivity index (χ0) is 15.2. The van der Waals surface area contributed by atoms with Crippen LogP contribution in [0.1, 0.15) is 15.9 Å². The Kier molecular flexibility index (Phi) is 4.81. The van der Waals surface area contributed by atoms with Crippen molar-refractivity contribution < 1.29 is 18.3 Å². The number of esters is 1. The van der Waals surface area contributed by atoms with E-state index in [4.69, 9.17) is 0 Å². The average Bonchev–Trinajstić information content (AvgIpc) is 2.52. The summed E-state index contributed by atoms with van der Waals surface area (Å²) in [6, 6.07) is 6.21. The van der Waals surface area contributed by atoms with E-state index in [0.29, 0.717) is 13.0 Å². The van der Waals surface area contributed by atoms with E-state index in [0.717, 1.165) is 12.7 Å². The highest BCUT2D eigenvalue weighted by Gasteiger charge is 2.18. The molecule has 1 heterocycles. The van der Waals surface area contributed by atoms with Crippen LogP contribution >= 0.6 is 0 Å². The molecule has 0 aliphatic heterocycles. The topological polar surface area (TPSA) is 51.2 Å². The number of nitrogens with one attached hydrogen (secondary N) is 1. The number of nitrogens with zero attached hydrogens (tertiary/aromatic N) is 1. The Morgan fingerprint density at radius 1 is 1.29 bits per heavy atom. The summed E-state index contributed by atoms with van der Waals surface area (Å²) in [4.78, 5) is 15.2. The molecule has 110 valence electrons. The third kappa shape index (κ3) is 3.53. The van der Waals surface area contributed by atoms with Crippen LogP contribution in [0.15, 0.2) is 36.7 Å². The maximum Gasteiger partial charge on any atom is 0.340 e.